The Kier molecular flexibility index (Phi) is 5.01. The van der Waals surface area contributed by atoms with Gasteiger partial charge in [-0.15, -0.1) is 0 Å². The van der Waals surface area contributed by atoms with Crippen LogP contribution in [0.4, 0.5) is 0 Å². The van der Waals surface area contributed by atoms with Gasteiger partial charge in [0.2, 0.25) is 5.91 Å². The summed E-state index contributed by atoms with van der Waals surface area (Å²) in [4.78, 5) is 18.4. The molecule has 5 nitrogen and oxygen atoms in total. The summed E-state index contributed by atoms with van der Waals surface area (Å²) in [6.07, 6.45) is 0.414. The molecule has 2 saturated heterocycles. The van der Waals surface area contributed by atoms with E-state index in [4.69, 9.17) is 0 Å². The molecule has 130 valence electrons. The first-order valence-electron chi connectivity index (χ1n) is 8.13. The van der Waals surface area contributed by atoms with Crippen molar-refractivity contribution in [3.8, 4) is 0 Å². The number of carbonyl (C=O) groups excluding carboxylic acids is 1. The summed E-state index contributed by atoms with van der Waals surface area (Å²) in [6.45, 7) is 4.56. The Balaban J connectivity index is 1.85. The Labute approximate surface area is 147 Å². The van der Waals surface area contributed by atoms with Crippen LogP contribution in [0.5, 0.6) is 0 Å². The lowest BCUT2D eigenvalue weighted by Crippen LogP contribution is -2.37. The fourth-order valence-electron chi connectivity index (χ4n) is 3.10. The molecule has 24 heavy (non-hydrogen) atoms. The van der Waals surface area contributed by atoms with Crippen molar-refractivity contribution < 1.29 is 13.2 Å². The van der Waals surface area contributed by atoms with Crippen LogP contribution in [0.15, 0.2) is 35.3 Å². The van der Waals surface area contributed by atoms with E-state index in [0.717, 1.165) is 5.56 Å². The van der Waals surface area contributed by atoms with Gasteiger partial charge in [-0.3, -0.25) is 4.79 Å². The number of hydrogen-bond donors (Lipinski definition) is 0. The number of carbonyl (C=O) groups is 1. The van der Waals surface area contributed by atoms with Gasteiger partial charge in [-0.25, -0.2) is 8.42 Å². The Bertz CT molecular complexity index is 744. The van der Waals surface area contributed by atoms with Crippen molar-refractivity contribution in [1.82, 2.24) is 4.90 Å². The lowest BCUT2D eigenvalue weighted by atomic mass is 10.1. The molecule has 2 aliphatic rings. The highest BCUT2D eigenvalue weighted by atomic mass is 32.2. The standard InChI is InChI=1S/C17H22N2O3S2/c1-12(2)8-16(20)18-17-19(9-13-6-4-3-5-7-13)14-10-24(21,22)11-15(14)23-17/h3-7,12,14-15H,8-11H2,1-2H3. The van der Waals surface area contributed by atoms with Crippen LogP contribution in [0.2, 0.25) is 0 Å². The Hall–Kier alpha value is -1.34. The second-order valence-corrected chi connectivity index (χ2v) is 10.2. The van der Waals surface area contributed by atoms with Crippen LogP contribution in [-0.4, -0.2) is 47.2 Å². The molecule has 2 heterocycles. The second kappa shape index (κ2) is 6.88. The first kappa shape index (κ1) is 17.5. The molecule has 0 bridgehead atoms. The minimum atomic E-state index is -3.00. The first-order chi connectivity index (χ1) is 11.3. The van der Waals surface area contributed by atoms with Gasteiger partial charge in [-0.1, -0.05) is 55.9 Å². The fourth-order valence-corrected chi connectivity index (χ4v) is 7.07. The summed E-state index contributed by atoms with van der Waals surface area (Å²) in [7, 11) is -3.00. The highest BCUT2D eigenvalue weighted by molar-refractivity contribution is 8.15. The van der Waals surface area contributed by atoms with Gasteiger partial charge in [0.15, 0.2) is 15.0 Å². The lowest BCUT2D eigenvalue weighted by Gasteiger charge is -2.24. The third kappa shape index (κ3) is 4.00. The maximum atomic E-state index is 12.1. The van der Waals surface area contributed by atoms with Crippen molar-refractivity contribution in [2.45, 2.75) is 38.1 Å². The molecule has 3 rings (SSSR count). The quantitative estimate of drug-likeness (QED) is 0.818. The SMILES string of the molecule is CC(C)CC(=O)N=C1SC2CS(=O)(=O)CC2N1Cc1ccccc1. The van der Waals surface area contributed by atoms with Gasteiger partial charge in [0.25, 0.3) is 0 Å². The molecule has 0 aromatic heterocycles. The van der Waals surface area contributed by atoms with E-state index in [1.165, 1.54) is 11.8 Å². The number of thioether (sulfide) groups is 1. The normalized spacial score (nSPS) is 27.0. The smallest absolute Gasteiger partial charge is 0.248 e. The van der Waals surface area contributed by atoms with E-state index in [0.29, 0.717) is 18.1 Å². The molecule has 0 N–H and O–H groups in total. The average molecular weight is 367 g/mol. The van der Waals surface area contributed by atoms with E-state index in [-0.39, 0.29) is 34.6 Å². The first-order valence-corrected chi connectivity index (χ1v) is 10.8. The number of aliphatic imine (C=N–C) groups is 1. The van der Waals surface area contributed by atoms with Crippen molar-refractivity contribution in [2.24, 2.45) is 10.9 Å². The van der Waals surface area contributed by atoms with E-state index in [1.54, 1.807) is 0 Å². The van der Waals surface area contributed by atoms with Crippen LogP contribution in [0.25, 0.3) is 0 Å². The van der Waals surface area contributed by atoms with Gasteiger partial charge < -0.3 is 4.90 Å². The molecule has 2 unspecified atom stereocenters. The summed E-state index contributed by atoms with van der Waals surface area (Å²) in [5.74, 6) is 0.448. The predicted molar refractivity (Wildman–Crippen MR) is 97.7 cm³/mol. The van der Waals surface area contributed by atoms with Gasteiger partial charge in [-0.05, 0) is 11.5 Å². The number of rotatable bonds is 4. The van der Waals surface area contributed by atoms with E-state index >= 15 is 0 Å². The van der Waals surface area contributed by atoms with Gasteiger partial charge in [0.1, 0.15) is 0 Å². The summed E-state index contributed by atoms with van der Waals surface area (Å²) in [5, 5.41) is 0.652. The summed E-state index contributed by atoms with van der Waals surface area (Å²) < 4.78 is 23.9. The van der Waals surface area contributed by atoms with Crippen LogP contribution >= 0.6 is 11.8 Å². The lowest BCUT2D eigenvalue weighted by molar-refractivity contribution is -0.118. The number of fused-ring (bicyclic) bond motifs is 1. The molecule has 1 aromatic rings. The highest BCUT2D eigenvalue weighted by Gasteiger charge is 2.48. The molecular weight excluding hydrogens is 344 g/mol. The third-order valence-electron chi connectivity index (χ3n) is 4.17. The van der Waals surface area contributed by atoms with E-state index in [2.05, 4.69) is 4.99 Å². The molecular formula is C17H22N2O3S2. The third-order valence-corrected chi connectivity index (χ3v) is 7.42. The molecule has 0 radical (unpaired) electrons. The molecule has 7 heteroatoms. The maximum Gasteiger partial charge on any atom is 0.248 e. The molecule has 2 aliphatic heterocycles. The molecule has 0 aliphatic carbocycles. The largest absolute Gasteiger partial charge is 0.342 e. The van der Waals surface area contributed by atoms with E-state index in [1.807, 2.05) is 49.1 Å². The Morgan fingerprint density at radius 1 is 1.29 bits per heavy atom. The Morgan fingerprint density at radius 3 is 2.67 bits per heavy atom. The van der Waals surface area contributed by atoms with Crippen molar-refractivity contribution in [3.05, 3.63) is 35.9 Å². The monoisotopic (exact) mass is 366 g/mol. The van der Waals surface area contributed by atoms with Crippen molar-refractivity contribution in [3.63, 3.8) is 0 Å². The van der Waals surface area contributed by atoms with Crippen LogP contribution in [0, 0.1) is 5.92 Å². The Morgan fingerprint density at radius 2 is 2.00 bits per heavy atom. The molecule has 2 fully saturated rings. The zero-order valence-electron chi connectivity index (χ0n) is 13.9. The number of amidine groups is 1. The van der Waals surface area contributed by atoms with Crippen LogP contribution in [0.1, 0.15) is 25.8 Å². The zero-order chi connectivity index (χ0) is 17.3. The van der Waals surface area contributed by atoms with Crippen molar-refractivity contribution >= 4 is 32.7 Å². The fraction of sp³-hybridized carbons (Fsp3) is 0.529. The second-order valence-electron chi connectivity index (χ2n) is 6.80. The van der Waals surface area contributed by atoms with Crippen LogP contribution in [-0.2, 0) is 21.2 Å². The topological polar surface area (TPSA) is 66.8 Å². The minimum Gasteiger partial charge on any atom is -0.342 e. The summed E-state index contributed by atoms with van der Waals surface area (Å²) in [6, 6.07) is 9.80. The van der Waals surface area contributed by atoms with E-state index < -0.39 is 9.84 Å². The average Bonchev–Trinajstić information content (AvgIpc) is 2.92. The van der Waals surface area contributed by atoms with Gasteiger partial charge in [0, 0.05) is 18.2 Å². The number of amides is 1. The summed E-state index contributed by atoms with van der Waals surface area (Å²) >= 11 is 1.44. The van der Waals surface area contributed by atoms with E-state index in [9.17, 15) is 13.2 Å². The number of sulfone groups is 1. The molecule has 0 saturated carbocycles. The predicted octanol–water partition coefficient (Wildman–Crippen LogP) is 2.33. The van der Waals surface area contributed by atoms with Gasteiger partial charge >= 0.3 is 0 Å². The van der Waals surface area contributed by atoms with Crippen LogP contribution in [0.3, 0.4) is 0 Å². The maximum absolute atomic E-state index is 12.1. The van der Waals surface area contributed by atoms with Crippen LogP contribution < -0.4 is 0 Å². The molecule has 1 amide bonds. The molecule has 0 spiro atoms. The van der Waals surface area contributed by atoms with Crippen molar-refractivity contribution in [2.75, 3.05) is 11.5 Å². The van der Waals surface area contributed by atoms with Crippen molar-refractivity contribution in [1.29, 1.82) is 0 Å². The van der Waals surface area contributed by atoms with Gasteiger partial charge in [-0.2, -0.15) is 4.99 Å². The van der Waals surface area contributed by atoms with Gasteiger partial charge in [0.05, 0.1) is 17.5 Å². The summed E-state index contributed by atoms with van der Waals surface area (Å²) in [5.41, 5.74) is 1.09. The number of hydrogen-bond acceptors (Lipinski definition) is 4. The molecule has 2 atom stereocenters. The zero-order valence-corrected chi connectivity index (χ0v) is 15.5. The molecule has 1 aromatic carbocycles. The number of nitrogens with zero attached hydrogens (tertiary/aromatic N) is 2. The highest BCUT2D eigenvalue weighted by Crippen LogP contribution is 2.39. The number of benzene rings is 1. The minimum absolute atomic E-state index is 0.0238.